The summed E-state index contributed by atoms with van der Waals surface area (Å²) < 4.78 is 17.1. The van der Waals surface area contributed by atoms with Crippen LogP contribution in [-0.2, 0) is 16.1 Å². The monoisotopic (exact) mass is 427 g/mol. The van der Waals surface area contributed by atoms with Crippen molar-refractivity contribution in [3.8, 4) is 17.2 Å². The molecule has 0 radical (unpaired) electrons. The Kier molecular flexibility index (Phi) is 6.08. The Bertz CT molecular complexity index is 964. The number of carbonyl (C=O) groups is 1. The molecule has 2 aromatic carbocycles. The van der Waals surface area contributed by atoms with Crippen LogP contribution in [0.15, 0.2) is 63.5 Å². The number of benzene rings is 2. The lowest BCUT2D eigenvalue weighted by Crippen LogP contribution is -2.02. The Balaban J connectivity index is 1.65. The second kappa shape index (κ2) is 8.68. The third-order valence-corrected chi connectivity index (χ3v) is 4.35. The summed E-state index contributed by atoms with van der Waals surface area (Å²) in [5.74, 6) is 1.33. The van der Waals surface area contributed by atoms with Gasteiger partial charge in [0.05, 0.1) is 7.11 Å². The molecule has 0 aliphatic carbocycles. The van der Waals surface area contributed by atoms with E-state index in [-0.39, 0.29) is 6.61 Å². The summed E-state index contributed by atoms with van der Waals surface area (Å²) in [5.41, 5.74) is 2.24. The molecule has 0 aliphatic heterocycles. The van der Waals surface area contributed by atoms with Crippen molar-refractivity contribution < 1.29 is 18.7 Å². The maximum Gasteiger partial charge on any atom is 0.331 e. The first-order valence-electron chi connectivity index (χ1n) is 8.27. The molecule has 0 spiro atoms. The van der Waals surface area contributed by atoms with Gasteiger partial charge in [0, 0.05) is 21.7 Å². The standard InChI is InChI=1S/C21H18BrNO4/c1-14-18(23-21(27-14)15-6-4-3-5-7-15)13-26-20(24)11-8-16-12-17(22)9-10-19(16)25-2/h3-12H,13H2,1-2H3/b11-8+. The first-order valence-corrected chi connectivity index (χ1v) is 9.06. The van der Waals surface area contributed by atoms with Crippen LogP contribution in [0.3, 0.4) is 0 Å². The first-order chi connectivity index (χ1) is 13.1. The topological polar surface area (TPSA) is 61.6 Å². The number of methoxy groups -OCH3 is 1. The van der Waals surface area contributed by atoms with E-state index in [0.717, 1.165) is 15.6 Å². The van der Waals surface area contributed by atoms with E-state index in [9.17, 15) is 4.79 Å². The predicted molar refractivity (Wildman–Crippen MR) is 106 cm³/mol. The lowest BCUT2D eigenvalue weighted by Gasteiger charge is -2.05. The van der Waals surface area contributed by atoms with Crippen LogP contribution in [-0.4, -0.2) is 18.1 Å². The van der Waals surface area contributed by atoms with E-state index in [2.05, 4.69) is 20.9 Å². The van der Waals surface area contributed by atoms with Crippen LogP contribution < -0.4 is 4.74 Å². The minimum Gasteiger partial charge on any atom is -0.496 e. The Hall–Kier alpha value is -2.86. The average molecular weight is 428 g/mol. The highest BCUT2D eigenvalue weighted by Gasteiger charge is 2.12. The molecule has 27 heavy (non-hydrogen) atoms. The van der Waals surface area contributed by atoms with E-state index >= 15 is 0 Å². The number of hydrogen-bond acceptors (Lipinski definition) is 5. The molecule has 0 saturated carbocycles. The number of hydrogen-bond donors (Lipinski definition) is 0. The van der Waals surface area contributed by atoms with Crippen molar-refractivity contribution in [3.05, 3.63) is 76.1 Å². The van der Waals surface area contributed by atoms with Gasteiger partial charge in [-0.3, -0.25) is 0 Å². The number of rotatable bonds is 6. The lowest BCUT2D eigenvalue weighted by atomic mass is 10.2. The third kappa shape index (κ3) is 4.86. The van der Waals surface area contributed by atoms with Crippen LogP contribution in [0.1, 0.15) is 17.0 Å². The molecule has 138 valence electrons. The summed E-state index contributed by atoms with van der Waals surface area (Å²) in [5, 5.41) is 0. The maximum absolute atomic E-state index is 12.0. The molecular weight excluding hydrogens is 410 g/mol. The Morgan fingerprint density at radius 2 is 2.00 bits per heavy atom. The van der Waals surface area contributed by atoms with Gasteiger partial charge >= 0.3 is 5.97 Å². The zero-order valence-electron chi connectivity index (χ0n) is 14.9. The number of halogens is 1. The molecule has 3 aromatic rings. The molecule has 1 aromatic heterocycles. The SMILES string of the molecule is COc1ccc(Br)cc1/C=C/C(=O)OCc1nc(-c2ccccc2)oc1C. The van der Waals surface area contributed by atoms with Gasteiger partial charge in [-0.15, -0.1) is 0 Å². The van der Waals surface area contributed by atoms with E-state index in [1.165, 1.54) is 6.08 Å². The Morgan fingerprint density at radius 1 is 1.22 bits per heavy atom. The highest BCUT2D eigenvalue weighted by atomic mass is 79.9. The normalized spacial score (nSPS) is 10.9. The van der Waals surface area contributed by atoms with Crippen LogP contribution >= 0.6 is 15.9 Å². The molecule has 0 bridgehead atoms. The third-order valence-electron chi connectivity index (χ3n) is 3.86. The van der Waals surface area contributed by atoms with E-state index in [4.69, 9.17) is 13.9 Å². The molecule has 0 N–H and O–H groups in total. The van der Waals surface area contributed by atoms with Crippen molar-refractivity contribution in [1.29, 1.82) is 0 Å². The summed E-state index contributed by atoms with van der Waals surface area (Å²) in [7, 11) is 1.58. The molecule has 5 nitrogen and oxygen atoms in total. The van der Waals surface area contributed by atoms with Gasteiger partial charge in [-0.2, -0.15) is 0 Å². The molecule has 0 amide bonds. The molecule has 0 aliphatic rings. The quantitative estimate of drug-likeness (QED) is 0.400. The summed E-state index contributed by atoms with van der Waals surface area (Å²) >= 11 is 3.40. The van der Waals surface area contributed by atoms with Gasteiger partial charge in [0.25, 0.3) is 0 Å². The number of carbonyl (C=O) groups excluding carboxylic acids is 1. The van der Waals surface area contributed by atoms with Gasteiger partial charge in [0.1, 0.15) is 23.8 Å². The minimum absolute atomic E-state index is 0.0426. The smallest absolute Gasteiger partial charge is 0.331 e. The van der Waals surface area contributed by atoms with Gasteiger partial charge < -0.3 is 13.9 Å². The number of ether oxygens (including phenoxy) is 2. The summed E-state index contributed by atoms with van der Waals surface area (Å²) in [6.07, 6.45) is 3.01. The number of nitrogens with zero attached hydrogens (tertiary/aromatic N) is 1. The summed E-state index contributed by atoms with van der Waals surface area (Å²) in [4.78, 5) is 16.5. The fourth-order valence-electron chi connectivity index (χ4n) is 2.45. The first kappa shape index (κ1) is 18.9. The molecule has 3 rings (SSSR count). The van der Waals surface area contributed by atoms with Gasteiger partial charge in [-0.05, 0) is 43.3 Å². The van der Waals surface area contributed by atoms with Crippen LogP contribution in [0.25, 0.3) is 17.5 Å². The van der Waals surface area contributed by atoms with Crippen molar-refractivity contribution in [3.63, 3.8) is 0 Å². The van der Waals surface area contributed by atoms with Crippen LogP contribution in [0.4, 0.5) is 0 Å². The molecule has 0 saturated heterocycles. The molecule has 6 heteroatoms. The zero-order chi connectivity index (χ0) is 19.2. The number of aromatic nitrogens is 1. The largest absolute Gasteiger partial charge is 0.496 e. The maximum atomic E-state index is 12.0. The van der Waals surface area contributed by atoms with Crippen LogP contribution in [0, 0.1) is 6.92 Å². The van der Waals surface area contributed by atoms with Crippen molar-refractivity contribution in [1.82, 2.24) is 4.98 Å². The van der Waals surface area contributed by atoms with Crippen LogP contribution in [0.2, 0.25) is 0 Å². The highest BCUT2D eigenvalue weighted by molar-refractivity contribution is 9.10. The average Bonchev–Trinajstić information content (AvgIpc) is 3.06. The van der Waals surface area contributed by atoms with E-state index in [1.807, 2.05) is 48.5 Å². The van der Waals surface area contributed by atoms with Crippen LogP contribution in [0.5, 0.6) is 5.75 Å². The van der Waals surface area contributed by atoms with Gasteiger partial charge in [-0.1, -0.05) is 34.1 Å². The fourth-order valence-corrected chi connectivity index (χ4v) is 2.83. The molecule has 0 atom stereocenters. The van der Waals surface area contributed by atoms with Gasteiger partial charge in [0.15, 0.2) is 0 Å². The van der Waals surface area contributed by atoms with Crippen molar-refractivity contribution in [2.75, 3.05) is 7.11 Å². The minimum atomic E-state index is -0.472. The summed E-state index contributed by atoms with van der Waals surface area (Å²) in [6, 6.07) is 15.1. The van der Waals surface area contributed by atoms with E-state index in [0.29, 0.717) is 23.1 Å². The van der Waals surface area contributed by atoms with Gasteiger partial charge in [-0.25, -0.2) is 9.78 Å². The second-order valence-electron chi connectivity index (χ2n) is 5.72. The van der Waals surface area contributed by atoms with E-state index in [1.54, 1.807) is 20.1 Å². The zero-order valence-corrected chi connectivity index (χ0v) is 16.5. The van der Waals surface area contributed by atoms with Crippen molar-refractivity contribution in [2.24, 2.45) is 0 Å². The summed E-state index contributed by atoms with van der Waals surface area (Å²) in [6.45, 7) is 1.84. The number of esters is 1. The predicted octanol–water partition coefficient (Wildman–Crippen LogP) is 5.18. The Morgan fingerprint density at radius 3 is 2.74 bits per heavy atom. The lowest BCUT2D eigenvalue weighted by molar-refractivity contribution is -0.139. The van der Waals surface area contributed by atoms with E-state index < -0.39 is 5.97 Å². The second-order valence-corrected chi connectivity index (χ2v) is 6.63. The molecule has 0 unspecified atom stereocenters. The Labute approximate surface area is 165 Å². The number of oxazole rings is 1. The van der Waals surface area contributed by atoms with Crippen molar-refractivity contribution in [2.45, 2.75) is 13.5 Å². The highest BCUT2D eigenvalue weighted by Crippen LogP contribution is 2.24. The molecular formula is C21H18BrNO4. The fraction of sp³-hybridized carbons (Fsp3) is 0.143. The van der Waals surface area contributed by atoms with Gasteiger partial charge in [0.2, 0.25) is 5.89 Å². The molecule has 1 heterocycles. The molecule has 0 fully saturated rings. The number of aryl methyl sites for hydroxylation is 1. The van der Waals surface area contributed by atoms with Crippen molar-refractivity contribution >= 4 is 28.0 Å².